The molecule has 0 amide bonds. The predicted molar refractivity (Wildman–Crippen MR) is 75.8 cm³/mol. The van der Waals surface area contributed by atoms with Crippen LogP contribution in [-0.2, 0) is 0 Å². The Balaban J connectivity index is 2.38. The molecule has 1 aromatic heterocycles. The number of nitriles is 1. The molecule has 1 heterocycles. The maximum atomic E-state index is 8.94. The highest BCUT2D eigenvalue weighted by molar-refractivity contribution is 14.1. The summed E-state index contributed by atoms with van der Waals surface area (Å²) >= 11 is 9.04. The molecule has 0 unspecified atom stereocenters. The van der Waals surface area contributed by atoms with Crippen LogP contribution in [0.2, 0.25) is 5.15 Å². The van der Waals surface area contributed by atoms with Crippen molar-refractivity contribution >= 4 is 45.7 Å². The molecular formula is C11H6ClIN2OS. The maximum absolute atomic E-state index is 8.94. The van der Waals surface area contributed by atoms with Crippen molar-refractivity contribution in [2.75, 3.05) is 0 Å². The van der Waals surface area contributed by atoms with E-state index in [1.807, 2.05) is 31.2 Å². The van der Waals surface area contributed by atoms with E-state index < -0.39 is 0 Å². The number of halogens is 2. The first-order valence-corrected chi connectivity index (χ1v) is 6.84. The number of hydrogen-bond donors (Lipinski definition) is 0. The zero-order chi connectivity index (χ0) is 12.4. The van der Waals surface area contributed by atoms with E-state index in [1.54, 1.807) is 0 Å². The molecule has 0 saturated heterocycles. The minimum absolute atomic E-state index is 0.190. The van der Waals surface area contributed by atoms with Crippen molar-refractivity contribution in [3.8, 4) is 16.9 Å². The first-order chi connectivity index (χ1) is 8.11. The molecule has 2 aromatic rings. The van der Waals surface area contributed by atoms with Crippen molar-refractivity contribution in [3.63, 3.8) is 0 Å². The summed E-state index contributed by atoms with van der Waals surface area (Å²) in [4.78, 5) is 0. The molecule has 0 saturated carbocycles. The third-order valence-corrected chi connectivity index (χ3v) is 4.01. The summed E-state index contributed by atoms with van der Waals surface area (Å²) in [6, 6.07) is 7.86. The third-order valence-electron chi connectivity index (χ3n) is 2.02. The molecule has 0 aliphatic carbocycles. The van der Waals surface area contributed by atoms with Gasteiger partial charge in [-0.15, -0.1) is 0 Å². The van der Waals surface area contributed by atoms with Crippen LogP contribution in [0.5, 0.6) is 10.8 Å². The fourth-order valence-electron chi connectivity index (χ4n) is 1.21. The molecular weight excluding hydrogens is 371 g/mol. The van der Waals surface area contributed by atoms with Gasteiger partial charge in [-0.1, -0.05) is 17.7 Å². The molecule has 0 aliphatic heterocycles. The van der Waals surface area contributed by atoms with Gasteiger partial charge in [-0.05, 0) is 47.2 Å². The molecule has 17 heavy (non-hydrogen) atoms. The van der Waals surface area contributed by atoms with Gasteiger partial charge in [-0.25, -0.2) is 0 Å². The molecule has 1 aromatic carbocycles. The van der Waals surface area contributed by atoms with Gasteiger partial charge in [0.25, 0.3) is 0 Å². The lowest BCUT2D eigenvalue weighted by molar-refractivity contribution is 0.491. The zero-order valence-electron chi connectivity index (χ0n) is 8.70. The van der Waals surface area contributed by atoms with Crippen LogP contribution in [0.3, 0.4) is 0 Å². The largest absolute Gasteiger partial charge is 0.443 e. The molecule has 0 atom stereocenters. The molecule has 3 nitrogen and oxygen atoms in total. The molecule has 86 valence electrons. The number of aromatic nitrogens is 1. The van der Waals surface area contributed by atoms with E-state index in [2.05, 4.69) is 27.0 Å². The molecule has 0 radical (unpaired) electrons. The van der Waals surface area contributed by atoms with Gasteiger partial charge in [0.05, 0.1) is 3.57 Å². The van der Waals surface area contributed by atoms with E-state index in [0.717, 1.165) is 20.7 Å². The number of aryl methyl sites for hydroxylation is 1. The summed E-state index contributed by atoms with van der Waals surface area (Å²) < 4.78 is 10.5. The highest BCUT2D eigenvalue weighted by Crippen LogP contribution is 2.35. The summed E-state index contributed by atoms with van der Waals surface area (Å²) in [5.74, 6) is 0.711. The average Bonchev–Trinajstić information content (AvgIpc) is 2.64. The molecule has 0 aliphatic rings. The Kier molecular flexibility index (Phi) is 3.86. The lowest BCUT2D eigenvalue weighted by Crippen LogP contribution is -1.88. The van der Waals surface area contributed by atoms with Crippen molar-refractivity contribution < 1.29 is 4.74 Å². The predicted octanol–water partition coefficient (Wildman–Crippen LogP) is 4.37. The lowest BCUT2D eigenvalue weighted by atomic mass is 10.2. The van der Waals surface area contributed by atoms with Crippen molar-refractivity contribution in [1.29, 1.82) is 5.26 Å². The minimum Gasteiger partial charge on any atom is -0.443 e. The monoisotopic (exact) mass is 376 g/mol. The number of hydrogen-bond acceptors (Lipinski definition) is 4. The fourth-order valence-corrected chi connectivity index (χ4v) is 2.56. The highest BCUT2D eigenvalue weighted by Gasteiger charge is 2.15. The smallest absolute Gasteiger partial charge is 0.219 e. The van der Waals surface area contributed by atoms with Crippen LogP contribution in [0.15, 0.2) is 18.2 Å². The molecule has 6 heteroatoms. The summed E-state index contributed by atoms with van der Waals surface area (Å²) in [5.41, 5.74) is 1.38. The highest BCUT2D eigenvalue weighted by atomic mass is 127. The Labute approximate surface area is 121 Å². The standard InChI is InChI=1S/C11H6ClIN2OS/c1-6-2-3-8(13)9(4-6)16-11-7(5-14)10(12)15-17-11/h2-4H,1H3. The van der Waals surface area contributed by atoms with E-state index in [1.165, 1.54) is 0 Å². The summed E-state index contributed by atoms with van der Waals surface area (Å²) in [6.45, 7) is 1.98. The number of nitrogens with zero attached hydrogens (tertiary/aromatic N) is 2. The van der Waals surface area contributed by atoms with Gasteiger partial charge in [0.1, 0.15) is 17.4 Å². The van der Waals surface area contributed by atoms with E-state index in [0.29, 0.717) is 10.8 Å². The molecule has 0 spiro atoms. The second kappa shape index (κ2) is 5.21. The Morgan fingerprint density at radius 1 is 1.53 bits per heavy atom. The minimum atomic E-state index is 0.190. The number of benzene rings is 1. The summed E-state index contributed by atoms with van der Waals surface area (Å²) in [6.07, 6.45) is 0. The van der Waals surface area contributed by atoms with Gasteiger partial charge in [-0.3, -0.25) is 0 Å². The Morgan fingerprint density at radius 3 is 3.00 bits per heavy atom. The van der Waals surface area contributed by atoms with E-state index in [4.69, 9.17) is 21.6 Å². The molecule has 2 rings (SSSR count). The van der Waals surface area contributed by atoms with Crippen LogP contribution in [0.25, 0.3) is 0 Å². The maximum Gasteiger partial charge on any atom is 0.219 e. The lowest BCUT2D eigenvalue weighted by Gasteiger charge is -2.06. The van der Waals surface area contributed by atoms with Crippen molar-refractivity contribution in [1.82, 2.24) is 4.37 Å². The Hall–Kier alpha value is -0.840. The Morgan fingerprint density at radius 2 is 2.29 bits per heavy atom. The summed E-state index contributed by atoms with van der Waals surface area (Å²) in [5, 5.41) is 9.56. The average molecular weight is 377 g/mol. The first kappa shape index (κ1) is 12.6. The Bertz CT molecular complexity index is 606. The fraction of sp³-hybridized carbons (Fsp3) is 0.0909. The third kappa shape index (κ3) is 2.70. The van der Waals surface area contributed by atoms with Crippen LogP contribution in [0.1, 0.15) is 11.1 Å². The van der Waals surface area contributed by atoms with E-state index in [-0.39, 0.29) is 10.7 Å². The van der Waals surface area contributed by atoms with Gasteiger partial charge < -0.3 is 4.74 Å². The SMILES string of the molecule is Cc1ccc(I)c(Oc2snc(Cl)c2C#N)c1. The topological polar surface area (TPSA) is 45.9 Å². The molecule has 0 bridgehead atoms. The van der Waals surface area contributed by atoms with Gasteiger partial charge in [0.2, 0.25) is 5.06 Å². The second-order valence-electron chi connectivity index (χ2n) is 3.28. The van der Waals surface area contributed by atoms with Gasteiger partial charge in [0, 0.05) is 11.5 Å². The van der Waals surface area contributed by atoms with E-state index >= 15 is 0 Å². The normalized spacial score (nSPS) is 10.0. The van der Waals surface area contributed by atoms with Crippen LogP contribution < -0.4 is 4.74 Å². The quantitative estimate of drug-likeness (QED) is 0.731. The van der Waals surface area contributed by atoms with Crippen LogP contribution >= 0.6 is 45.7 Å². The zero-order valence-corrected chi connectivity index (χ0v) is 12.4. The van der Waals surface area contributed by atoms with Gasteiger partial charge >= 0.3 is 0 Å². The molecule has 0 fully saturated rings. The van der Waals surface area contributed by atoms with E-state index in [9.17, 15) is 0 Å². The number of ether oxygens (including phenoxy) is 1. The van der Waals surface area contributed by atoms with Crippen LogP contribution in [-0.4, -0.2) is 4.37 Å². The second-order valence-corrected chi connectivity index (χ2v) is 5.54. The molecule has 0 N–H and O–H groups in total. The van der Waals surface area contributed by atoms with Crippen molar-refractivity contribution in [2.45, 2.75) is 6.92 Å². The first-order valence-electron chi connectivity index (χ1n) is 4.61. The van der Waals surface area contributed by atoms with Gasteiger partial charge in [-0.2, -0.15) is 9.64 Å². The van der Waals surface area contributed by atoms with Crippen LogP contribution in [0.4, 0.5) is 0 Å². The summed E-state index contributed by atoms with van der Waals surface area (Å²) in [7, 11) is 0. The van der Waals surface area contributed by atoms with Gasteiger partial charge in [0.15, 0.2) is 5.15 Å². The van der Waals surface area contributed by atoms with Crippen LogP contribution in [0, 0.1) is 21.8 Å². The van der Waals surface area contributed by atoms with Crippen molar-refractivity contribution in [2.24, 2.45) is 0 Å². The number of rotatable bonds is 2. The van der Waals surface area contributed by atoms with Crippen molar-refractivity contribution in [3.05, 3.63) is 38.0 Å².